The lowest BCUT2D eigenvalue weighted by molar-refractivity contribution is 0.0174. The molecule has 0 saturated carbocycles. The monoisotopic (exact) mass is 199 g/mol. The maximum atomic E-state index is 10.7. The number of likely N-dealkylation sites (N-methyl/N-ethyl adjacent to an activating group) is 1. The fourth-order valence-corrected chi connectivity index (χ4v) is 1.03. The van der Waals surface area contributed by atoms with Crippen LogP contribution in [0.1, 0.15) is 11.8 Å². The van der Waals surface area contributed by atoms with Gasteiger partial charge in [-0.05, 0) is 7.05 Å². The second-order valence-electron chi connectivity index (χ2n) is 2.91. The van der Waals surface area contributed by atoms with Crippen molar-refractivity contribution in [3.05, 3.63) is 28.4 Å². The molecule has 0 aliphatic heterocycles. The molecule has 14 heavy (non-hydrogen) atoms. The van der Waals surface area contributed by atoms with Gasteiger partial charge in [0.15, 0.2) is 0 Å². The van der Waals surface area contributed by atoms with Crippen LogP contribution in [0, 0.1) is 0 Å². The minimum atomic E-state index is -1.10. The Morgan fingerprint density at radius 3 is 2.86 bits per heavy atom. The molecule has 0 amide bonds. The van der Waals surface area contributed by atoms with E-state index < -0.39 is 12.2 Å². The molecular formula is C8H13N3O3. The van der Waals surface area contributed by atoms with Gasteiger partial charge < -0.3 is 20.5 Å². The summed E-state index contributed by atoms with van der Waals surface area (Å²) in [6.07, 6.45) is 0.300. The van der Waals surface area contributed by atoms with E-state index in [1.807, 2.05) is 0 Å². The summed E-state index contributed by atoms with van der Waals surface area (Å²) in [7, 11) is 1.66. The average Bonchev–Trinajstić information content (AvgIpc) is 2.18. The van der Waals surface area contributed by atoms with E-state index >= 15 is 0 Å². The maximum Gasteiger partial charge on any atom is 0.266 e. The Labute approximate surface area is 80.6 Å². The van der Waals surface area contributed by atoms with Crippen molar-refractivity contribution in [2.75, 3.05) is 13.6 Å². The quantitative estimate of drug-likeness (QED) is 0.467. The first-order valence-electron chi connectivity index (χ1n) is 4.20. The third-order valence-corrected chi connectivity index (χ3v) is 1.77. The molecule has 0 aliphatic rings. The Hall–Kier alpha value is -1.24. The zero-order valence-electron chi connectivity index (χ0n) is 7.77. The first kappa shape index (κ1) is 10.8. The summed E-state index contributed by atoms with van der Waals surface area (Å²) in [5, 5.41) is 21.7. The largest absolute Gasteiger partial charge is 0.389 e. The van der Waals surface area contributed by atoms with E-state index in [0.717, 1.165) is 6.20 Å². The molecule has 1 rings (SSSR count). The summed E-state index contributed by atoms with van der Waals surface area (Å²) < 4.78 is 0. The van der Waals surface area contributed by atoms with Crippen LogP contribution in [0.3, 0.4) is 0 Å². The molecule has 0 saturated heterocycles. The van der Waals surface area contributed by atoms with Crippen LogP contribution in [-0.4, -0.2) is 39.9 Å². The number of rotatable bonds is 4. The van der Waals surface area contributed by atoms with E-state index in [0.29, 0.717) is 0 Å². The summed E-state index contributed by atoms with van der Waals surface area (Å²) in [6.45, 7) is 0.252. The molecule has 0 bridgehead atoms. The van der Waals surface area contributed by atoms with Crippen molar-refractivity contribution in [3.63, 3.8) is 0 Å². The van der Waals surface area contributed by atoms with Crippen LogP contribution in [0.15, 0.2) is 17.2 Å². The number of nitrogens with one attached hydrogen (secondary N) is 2. The Bertz CT molecular complexity index is 318. The van der Waals surface area contributed by atoms with Crippen molar-refractivity contribution in [1.82, 2.24) is 15.3 Å². The highest BCUT2D eigenvalue weighted by molar-refractivity contribution is 5.01. The van der Waals surface area contributed by atoms with Crippen molar-refractivity contribution in [2.45, 2.75) is 12.2 Å². The van der Waals surface area contributed by atoms with Crippen LogP contribution in [0.5, 0.6) is 0 Å². The predicted molar refractivity (Wildman–Crippen MR) is 49.8 cm³/mol. The second-order valence-corrected chi connectivity index (χ2v) is 2.91. The van der Waals surface area contributed by atoms with Gasteiger partial charge in [-0.25, -0.2) is 0 Å². The number of hydrogen-bond acceptors (Lipinski definition) is 5. The van der Waals surface area contributed by atoms with Crippen LogP contribution < -0.4 is 10.9 Å². The smallest absolute Gasteiger partial charge is 0.266 e. The van der Waals surface area contributed by atoms with Crippen LogP contribution in [0.2, 0.25) is 0 Å². The number of H-pyrrole nitrogens is 1. The van der Waals surface area contributed by atoms with E-state index in [2.05, 4.69) is 15.3 Å². The molecule has 0 radical (unpaired) electrons. The van der Waals surface area contributed by atoms with Crippen LogP contribution in [0.25, 0.3) is 0 Å². The highest BCUT2D eigenvalue weighted by Crippen LogP contribution is 2.11. The SMILES string of the molecule is CNCC(O)C(O)c1c[nH]c(=O)cn1. The number of hydrogen-bond donors (Lipinski definition) is 4. The number of aliphatic hydroxyl groups excluding tert-OH is 2. The minimum absolute atomic E-state index is 0.243. The zero-order valence-corrected chi connectivity index (χ0v) is 7.77. The van der Waals surface area contributed by atoms with Gasteiger partial charge in [-0.3, -0.25) is 9.78 Å². The molecule has 2 atom stereocenters. The topological polar surface area (TPSA) is 98.2 Å². The highest BCUT2D eigenvalue weighted by Gasteiger charge is 2.18. The molecule has 0 fully saturated rings. The molecule has 6 heteroatoms. The zero-order chi connectivity index (χ0) is 10.6. The summed E-state index contributed by atoms with van der Waals surface area (Å²) in [5.74, 6) is 0. The standard InChI is InChI=1S/C8H13N3O3/c1-9-3-6(12)8(14)5-2-11-7(13)4-10-5/h2,4,6,8-9,12,14H,3H2,1H3,(H,11,13). The van der Waals surface area contributed by atoms with Gasteiger partial charge in [0.1, 0.15) is 6.10 Å². The van der Waals surface area contributed by atoms with E-state index in [1.54, 1.807) is 7.05 Å². The molecule has 2 unspecified atom stereocenters. The predicted octanol–water partition coefficient (Wildman–Crippen LogP) is -1.62. The lowest BCUT2D eigenvalue weighted by Crippen LogP contribution is -2.30. The second kappa shape index (κ2) is 4.85. The van der Waals surface area contributed by atoms with Crippen molar-refractivity contribution in [1.29, 1.82) is 0 Å². The van der Waals surface area contributed by atoms with Crippen molar-refractivity contribution >= 4 is 0 Å². The summed E-state index contributed by atoms with van der Waals surface area (Å²) in [5.41, 5.74) is -0.101. The minimum Gasteiger partial charge on any atom is -0.389 e. The van der Waals surface area contributed by atoms with Gasteiger partial charge in [-0.2, -0.15) is 0 Å². The highest BCUT2D eigenvalue weighted by atomic mass is 16.3. The number of aromatic nitrogens is 2. The number of aliphatic hydroxyl groups is 2. The van der Waals surface area contributed by atoms with Crippen LogP contribution in [0.4, 0.5) is 0 Å². The van der Waals surface area contributed by atoms with Gasteiger partial charge in [0.2, 0.25) is 0 Å². The van der Waals surface area contributed by atoms with E-state index in [1.165, 1.54) is 6.20 Å². The fraction of sp³-hybridized carbons (Fsp3) is 0.500. The van der Waals surface area contributed by atoms with Crippen molar-refractivity contribution < 1.29 is 10.2 Å². The normalized spacial score (nSPS) is 15.1. The molecular weight excluding hydrogens is 186 g/mol. The van der Waals surface area contributed by atoms with Crippen molar-refractivity contribution in [3.8, 4) is 0 Å². The maximum absolute atomic E-state index is 10.7. The fourth-order valence-electron chi connectivity index (χ4n) is 1.03. The van der Waals surface area contributed by atoms with Gasteiger partial charge in [-0.15, -0.1) is 0 Å². The molecule has 1 aromatic heterocycles. The lowest BCUT2D eigenvalue weighted by Gasteiger charge is -2.16. The molecule has 0 spiro atoms. The van der Waals surface area contributed by atoms with Crippen LogP contribution in [-0.2, 0) is 0 Å². The Kier molecular flexibility index (Phi) is 3.75. The first-order chi connectivity index (χ1) is 6.65. The van der Waals surface area contributed by atoms with Gasteiger partial charge in [0.25, 0.3) is 5.56 Å². The van der Waals surface area contributed by atoms with Gasteiger partial charge in [0, 0.05) is 12.7 Å². The molecule has 4 N–H and O–H groups in total. The summed E-state index contributed by atoms with van der Waals surface area (Å²) in [4.78, 5) is 16.7. The molecule has 0 aromatic carbocycles. The number of nitrogens with zero attached hydrogens (tertiary/aromatic N) is 1. The Morgan fingerprint density at radius 1 is 1.64 bits per heavy atom. The van der Waals surface area contributed by atoms with Crippen molar-refractivity contribution in [2.24, 2.45) is 0 Å². The molecule has 0 aliphatic carbocycles. The van der Waals surface area contributed by atoms with E-state index in [-0.39, 0.29) is 17.8 Å². The molecule has 78 valence electrons. The van der Waals surface area contributed by atoms with Gasteiger partial charge in [0.05, 0.1) is 18.0 Å². The third-order valence-electron chi connectivity index (χ3n) is 1.77. The van der Waals surface area contributed by atoms with Gasteiger partial charge >= 0.3 is 0 Å². The first-order valence-corrected chi connectivity index (χ1v) is 4.20. The Balaban J connectivity index is 2.73. The summed E-state index contributed by atoms with van der Waals surface area (Å²) >= 11 is 0. The van der Waals surface area contributed by atoms with E-state index in [4.69, 9.17) is 0 Å². The summed E-state index contributed by atoms with van der Waals surface area (Å²) in [6, 6.07) is 0. The molecule has 1 aromatic rings. The lowest BCUT2D eigenvalue weighted by atomic mass is 10.1. The van der Waals surface area contributed by atoms with Gasteiger partial charge in [-0.1, -0.05) is 0 Å². The van der Waals surface area contributed by atoms with E-state index in [9.17, 15) is 15.0 Å². The number of aromatic amines is 1. The Morgan fingerprint density at radius 2 is 2.36 bits per heavy atom. The molecule has 1 heterocycles. The van der Waals surface area contributed by atoms with Crippen LogP contribution >= 0.6 is 0 Å². The average molecular weight is 199 g/mol. The molecule has 6 nitrogen and oxygen atoms in total. The third kappa shape index (κ3) is 2.63.